The summed E-state index contributed by atoms with van der Waals surface area (Å²) in [6.07, 6.45) is 0.566. The Labute approximate surface area is 69.2 Å². The van der Waals surface area contributed by atoms with Crippen molar-refractivity contribution in [2.75, 3.05) is 6.61 Å². The van der Waals surface area contributed by atoms with Gasteiger partial charge in [-0.3, -0.25) is 0 Å². The summed E-state index contributed by atoms with van der Waals surface area (Å²) in [6.45, 7) is 0.477. The first kappa shape index (κ1) is 7.11. The van der Waals surface area contributed by atoms with Crippen LogP contribution in [0.4, 0.5) is 4.39 Å². The standard InChI is InChI=1S/C9H6FNO/c10-8-2-1-6(5-11)9-7(8)3-4-12-9/h1-2H,3-4H2. The summed E-state index contributed by atoms with van der Waals surface area (Å²) < 4.78 is 18.2. The highest BCUT2D eigenvalue weighted by Crippen LogP contribution is 2.30. The monoisotopic (exact) mass is 163 g/mol. The Morgan fingerprint density at radius 3 is 3.08 bits per heavy atom. The fourth-order valence-electron chi connectivity index (χ4n) is 1.34. The average molecular weight is 163 g/mol. The number of halogens is 1. The molecule has 2 nitrogen and oxygen atoms in total. The number of benzene rings is 1. The number of nitriles is 1. The molecule has 0 saturated carbocycles. The molecule has 0 aliphatic carbocycles. The molecule has 0 fully saturated rings. The summed E-state index contributed by atoms with van der Waals surface area (Å²) in [5.41, 5.74) is 0.956. The van der Waals surface area contributed by atoms with Gasteiger partial charge in [-0.1, -0.05) is 0 Å². The maximum atomic E-state index is 13.0. The Kier molecular flexibility index (Phi) is 1.47. The molecule has 1 aromatic rings. The van der Waals surface area contributed by atoms with Gasteiger partial charge in [0.05, 0.1) is 12.2 Å². The summed E-state index contributed by atoms with van der Waals surface area (Å²) >= 11 is 0. The number of nitrogens with zero attached hydrogens (tertiary/aromatic N) is 1. The van der Waals surface area contributed by atoms with E-state index in [1.165, 1.54) is 12.1 Å². The molecule has 1 heterocycles. The maximum Gasteiger partial charge on any atom is 0.143 e. The third-order valence-electron chi connectivity index (χ3n) is 1.92. The van der Waals surface area contributed by atoms with Gasteiger partial charge in [0.25, 0.3) is 0 Å². The predicted molar refractivity (Wildman–Crippen MR) is 40.3 cm³/mol. The molecule has 0 spiro atoms. The average Bonchev–Trinajstić information content (AvgIpc) is 2.54. The second-order valence-corrected chi connectivity index (χ2v) is 2.61. The van der Waals surface area contributed by atoms with Gasteiger partial charge in [-0.2, -0.15) is 5.26 Å². The van der Waals surface area contributed by atoms with Crippen molar-refractivity contribution in [1.29, 1.82) is 5.26 Å². The van der Waals surface area contributed by atoms with Crippen LogP contribution in [-0.2, 0) is 6.42 Å². The molecule has 0 radical (unpaired) electrons. The normalized spacial score (nSPS) is 13.3. The van der Waals surface area contributed by atoms with Gasteiger partial charge in [-0.05, 0) is 12.1 Å². The van der Waals surface area contributed by atoms with E-state index in [4.69, 9.17) is 10.00 Å². The molecule has 0 amide bonds. The molecule has 1 aliphatic rings. The van der Waals surface area contributed by atoms with E-state index in [1.807, 2.05) is 6.07 Å². The second kappa shape index (κ2) is 2.49. The molecule has 2 rings (SSSR count). The van der Waals surface area contributed by atoms with Crippen molar-refractivity contribution in [2.24, 2.45) is 0 Å². The van der Waals surface area contributed by atoms with Crippen molar-refractivity contribution in [3.05, 3.63) is 29.1 Å². The van der Waals surface area contributed by atoms with Crippen molar-refractivity contribution in [3.8, 4) is 11.8 Å². The zero-order valence-electron chi connectivity index (χ0n) is 6.30. The summed E-state index contributed by atoms with van der Waals surface area (Å²) in [5.74, 6) is 0.152. The minimum Gasteiger partial charge on any atom is -0.491 e. The fourth-order valence-corrected chi connectivity index (χ4v) is 1.34. The molecule has 0 atom stereocenters. The number of ether oxygens (including phenoxy) is 1. The Hall–Kier alpha value is -1.56. The van der Waals surface area contributed by atoms with Crippen molar-refractivity contribution in [2.45, 2.75) is 6.42 Å². The van der Waals surface area contributed by atoms with Gasteiger partial charge in [0.1, 0.15) is 17.6 Å². The van der Waals surface area contributed by atoms with E-state index >= 15 is 0 Å². The molecule has 12 heavy (non-hydrogen) atoms. The van der Waals surface area contributed by atoms with Crippen LogP contribution in [0, 0.1) is 17.1 Å². The minimum absolute atomic E-state index is 0.276. The molecule has 3 heteroatoms. The highest BCUT2D eigenvalue weighted by molar-refractivity contribution is 5.50. The van der Waals surface area contributed by atoms with Crippen LogP contribution in [0.5, 0.6) is 5.75 Å². The molecule has 0 N–H and O–H groups in total. The topological polar surface area (TPSA) is 33.0 Å². The van der Waals surface area contributed by atoms with Gasteiger partial charge in [-0.15, -0.1) is 0 Å². The summed E-state index contributed by atoms with van der Waals surface area (Å²) in [7, 11) is 0. The number of hydrogen-bond donors (Lipinski definition) is 0. The number of rotatable bonds is 0. The lowest BCUT2D eigenvalue weighted by Gasteiger charge is -2.00. The Balaban J connectivity index is 2.66. The molecule has 0 unspecified atom stereocenters. The van der Waals surface area contributed by atoms with Gasteiger partial charge in [0.15, 0.2) is 0 Å². The first-order valence-corrected chi connectivity index (χ1v) is 3.67. The Morgan fingerprint density at radius 2 is 2.33 bits per heavy atom. The van der Waals surface area contributed by atoms with Crippen LogP contribution in [0.2, 0.25) is 0 Å². The summed E-state index contributed by atoms with van der Waals surface area (Å²) in [6, 6.07) is 4.72. The van der Waals surface area contributed by atoms with Crippen LogP contribution in [0.15, 0.2) is 12.1 Å². The Bertz CT molecular complexity index is 368. The van der Waals surface area contributed by atoms with Crippen molar-refractivity contribution in [3.63, 3.8) is 0 Å². The first-order valence-electron chi connectivity index (χ1n) is 3.67. The van der Waals surface area contributed by atoms with Crippen molar-refractivity contribution >= 4 is 0 Å². The summed E-state index contributed by atoms with van der Waals surface area (Å²) in [5, 5.41) is 8.64. The first-order chi connectivity index (χ1) is 5.83. The van der Waals surface area contributed by atoms with E-state index in [2.05, 4.69) is 0 Å². The third-order valence-corrected chi connectivity index (χ3v) is 1.92. The van der Waals surface area contributed by atoms with Crippen LogP contribution in [0.1, 0.15) is 11.1 Å². The molecular weight excluding hydrogens is 157 g/mol. The van der Waals surface area contributed by atoms with E-state index in [1.54, 1.807) is 0 Å². The lowest BCUT2D eigenvalue weighted by atomic mass is 10.1. The highest BCUT2D eigenvalue weighted by Gasteiger charge is 2.19. The molecule has 0 saturated heterocycles. The zero-order chi connectivity index (χ0) is 8.55. The third kappa shape index (κ3) is 0.850. The van der Waals surface area contributed by atoms with Gasteiger partial charge >= 0.3 is 0 Å². The van der Waals surface area contributed by atoms with Crippen LogP contribution >= 0.6 is 0 Å². The summed E-state index contributed by atoms with van der Waals surface area (Å²) in [4.78, 5) is 0. The lowest BCUT2D eigenvalue weighted by Crippen LogP contribution is -1.88. The van der Waals surface area contributed by atoms with E-state index in [-0.39, 0.29) is 5.82 Å². The predicted octanol–water partition coefficient (Wildman–Crippen LogP) is 1.63. The fraction of sp³-hybridized carbons (Fsp3) is 0.222. The minimum atomic E-state index is -0.276. The van der Waals surface area contributed by atoms with Crippen molar-refractivity contribution in [1.82, 2.24) is 0 Å². The largest absolute Gasteiger partial charge is 0.491 e. The van der Waals surface area contributed by atoms with Crippen LogP contribution in [-0.4, -0.2) is 6.61 Å². The van der Waals surface area contributed by atoms with E-state index in [0.29, 0.717) is 29.9 Å². The molecule has 1 aromatic carbocycles. The van der Waals surface area contributed by atoms with E-state index in [0.717, 1.165) is 0 Å². The molecule has 1 aliphatic heterocycles. The van der Waals surface area contributed by atoms with Gasteiger partial charge in [-0.25, -0.2) is 4.39 Å². The van der Waals surface area contributed by atoms with Crippen LogP contribution in [0.3, 0.4) is 0 Å². The Morgan fingerprint density at radius 1 is 1.50 bits per heavy atom. The SMILES string of the molecule is N#Cc1ccc(F)c2c1OCC2. The quantitative estimate of drug-likeness (QED) is 0.582. The number of fused-ring (bicyclic) bond motifs is 1. The maximum absolute atomic E-state index is 13.0. The van der Waals surface area contributed by atoms with Crippen LogP contribution < -0.4 is 4.74 Å². The highest BCUT2D eigenvalue weighted by atomic mass is 19.1. The smallest absolute Gasteiger partial charge is 0.143 e. The van der Waals surface area contributed by atoms with Gasteiger partial charge in [0, 0.05) is 12.0 Å². The molecule has 60 valence electrons. The second-order valence-electron chi connectivity index (χ2n) is 2.61. The van der Waals surface area contributed by atoms with Gasteiger partial charge < -0.3 is 4.74 Å². The zero-order valence-corrected chi connectivity index (χ0v) is 6.30. The van der Waals surface area contributed by atoms with E-state index in [9.17, 15) is 4.39 Å². The van der Waals surface area contributed by atoms with Crippen LogP contribution in [0.25, 0.3) is 0 Å². The van der Waals surface area contributed by atoms with Gasteiger partial charge in [0.2, 0.25) is 0 Å². The van der Waals surface area contributed by atoms with E-state index < -0.39 is 0 Å². The molecular formula is C9H6FNO. The van der Waals surface area contributed by atoms with Crippen molar-refractivity contribution < 1.29 is 9.13 Å². The molecule has 0 aromatic heterocycles. The number of hydrogen-bond acceptors (Lipinski definition) is 2. The molecule has 0 bridgehead atoms. The lowest BCUT2D eigenvalue weighted by molar-refractivity contribution is 0.356.